The highest BCUT2D eigenvalue weighted by Gasteiger charge is 2.58. The molecule has 0 bridgehead atoms. The molecule has 0 radical (unpaired) electrons. The van der Waals surface area contributed by atoms with Crippen LogP contribution in [0.5, 0.6) is 0 Å². The molecule has 1 aliphatic carbocycles. The number of nitrogens with one attached hydrogen (secondary N) is 1. The molecule has 1 aliphatic rings. The van der Waals surface area contributed by atoms with Gasteiger partial charge in [0, 0.05) is 17.9 Å². The van der Waals surface area contributed by atoms with Crippen LogP contribution in [0, 0.1) is 16.7 Å². The predicted molar refractivity (Wildman–Crippen MR) is 95.9 cm³/mol. The minimum Gasteiger partial charge on any atom is -0.325 e. The van der Waals surface area contributed by atoms with Crippen LogP contribution in [0.25, 0.3) is 0 Å². The summed E-state index contributed by atoms with van der Waals surface area (Å²) < 4.78 is 0. The van der Waals surface area contributed by atoms with E-state index in [0.717, 1.165) is 5.69 Å². The Morgan fingerprint density at radius 2 is 1.88 bits per heavy atom. The van der Waals surface area contributed by atoms with Crippen molar-refractivity contribution in [3.8, 4) is 6.07 Å². The van der Waals surface area contributed by atoms with Crippen LogP contribution in [0.4, 0.5) is 11.4 Å². The van der Waals surface area contributed by atoms with Crippen molar-refractivity contribution < 1.29 is 9.59 Å². The predicted octanol–water partition coefficient (Wildman–Crippen LogP) is 3.33. The third kappa shape index (κ3) is 3.24. The molecule has 0 aromatic heterocycles. The lowest BCUT2D eigenvalue weighted by molar-refractivity contribution is -0.132. The number of carbonyl (C=O) groups is 2. The van der Waals surface area contributed by atoms with Gasteiger partial charge in [-0.05, 0) is 50.1 Å². The molecule has 0 aliphatic heterocycles. The van der Waals surface area contributed by atoms with Crippen LogP contribution >= 0.6 is 0 Å². The highest BCUT2D eigenvalue weighted by Crippen LogP contribution is 2.48. The lowest BCUT2D eigenvalue weighted by Crippen LogP contribution is -2.43. The molecule has 5 nitrogen and oxygen atoms in total. The molecule has 5 heteroatoms. The number of carbonyl (C=O) groups excluding carboxylic acids is 2. The van der Waals surface area contributed by atoms with Crippen LogP contribution in [0.2, 0.25) is 0 Å². The maximum atomic E-state index is 13.0. The average molecular weight is 333 g/mol. The van der Waals surface area contributed by atoms with Crippen LogP contribution in [0.15, 0.2) is 54.6 Å². The molecule has 2 aromatic rings. The lowest BCUT2D eigenvalue weighted by Gasteiger charge is -2.26. The summed E-state index contributed by atoms with van der Waals surface area (Å²) in [4.78, 5) is 27.4. The molecule has 0 unspecified atom stereocenters. The normalized spacial score (nSPS) is 14.2. The quantitative estimate of drug-likeness (QED) is 0.853. The van der Waals surface area contributed by atoms with Gasteiger partial charge in [-0.1, -0.05) is 24.3 Å². The Kier molecular flexibility index (Phi) is 4.53. The first-order chi connectivity index (χ1) is 12.1. The van der Waals surface area contributed by atoms with Gasteiger partial charge < -0.3 is 10.2 Å². The summed E-state index contributed by atoms with van der Waals surface area (Å²) in [6.07, 6.45) is 1.08. The van der Waals surface area contributed by atoms with Crippen LogP contribution in [0.1, 0.15) is 25.3 Å². The Hall–Kier alpha value is -3.13. The smallest absolute Gasteiger partial charge is 0.242 e. The summed E-state index contributed by atoms with van der Waals surface area (Å²) in [6.45, 7) is 2.40. The third-order valence-electron chi connectivity index (χ3n) is 4.47. The van der Waals surface area contributed by atoms with Gasteiger partial charge >= 0.3 is 0 Å². The molecule has 1 fully saturated rings. The van der Waals surface area contributed by atoms with E-state index in [4.69, 9.17) is 5.26 Å². The van der Waals surface area contributed by atoms with E-state index in [1.54, 1.807) is 29.2 Å². The van der Waals surface area contributed by atoms with Gasteiger partial charge in [0.25, 0.3) is 0 Å². The second kappa shape index (κ2) is 6.78. The Labute approximate surface area is 146 Å². The van der Waals surface area contributed by atoms with Gasteiger partial charge in [-0.15, -0.1) is 0 Å². The number of nitrogens with zero attached hydrogens (tertiary/aromatic N) is 2. The van der Waals surface area contributed by atoms with Crippen LogP contribution < -0.4 is 10.2 Å². The summed E-state index contributed by atoms with van der Waals surface area (Å²) in [6, 6.07) is 18.1. The number of para-hydroxylation sites is 1. The number of nitriles is 1. The second-order valence-electron chi connectivity index (χ2n) is 6.11. The fourth-order valence-corrected chi connectivity index (χ4v) is 2.89. The summed E-state index contributed by atoms with van der Waals surface area (Å²) >= 11 is 0. The van der Waals surface area contributed by atoms with E-state index in [9.17, 15) is 9.59 Å². The molecular weight excluding hydrogens is 314 g/mol. The standard InChI is InChI=1S/C20H19N3O2/c1-2-23(17-9-4-3-5-10-17)19(25)20(11-12-20)18(24)22-16-8-6-7-15(13-16)14-21/h3-10,13H,2,11-12H2,1H3,(H,22,24). The van der Waals surface area contributed by atoms with Crippen molar-refractivity contribution in [2.45, 2.75) is 19.8 Å². The van der Waals surface area contributed by atoms with Crippen molar-refractivity contribution in [2.24, 2.45) is 5.41 Å². The number of amides is 2. The molecule has 0 saturated heterocycles. The molecule has 2 aromatic carbocycles. The van der Waals surface area contributed by atoms with Gasteiger partial charge in [-0.2, -0.15) is 5.26 Å². The van der Waals surface area contributed by atoms with Crippen molar-refractivity contribution in [3.05, 3.63) is 60.2 Å². The van der Waals surface area contributed by atoms with Crippen molar-refractivity contribution in [1.29, 1.82) is 5.26 Å². The minimum atomic E-state index is -1.01. The van der Waals surface area contributed by atoms with E-state index in [1.807, 2.05) is 43.3 Å². The van der Waals surface area contributed by atoms with E-state index in [2.05, 4.69) is 5.32 Å². The van der Waals surface area contributed by atoms with Gasteiger partial charge in [0.2, 0.25) is 11.8 Å². The molecule has 1 saturated carbocycles. The number of anilines is 2. The van der Waals surface area contributed by atoms with Gasteiger partial charge in [0.15, 0.2) is 0 Å². The third-order valence-corrected chi connectivity index (χ3v) is 4.47. The van der Waals surface area contributed by atoms with Crippen molar-refractivity contribution in [1.82, 2.24) is 0 Å². The first kappa shape index (κ1) is 16.7. The Bertz CT molecular complexity index is 836. The average Bonchev–Trinajstić information content (AvgIpc) is 3.45. The molecule has 25 heavy (non-hydrogen) atoms. The Morgan fingerprint density at radius 1 is 1.16 bits per heavy atom. The zero-order valence-corrected chi connectivity index (χ0v) is 14.0. The summed E-state index contributed by atoms with van der Waals surface area (Å²) in [7, 11) is 0. The Balaban J connectivity index is 1.80. The van der Waals surface area contributed by atoms with Crippen molar-refractivity contribution >= 4 is 23.2 Å². The van der Waals surface area contributed by atoms with E-state index in [-0.39, 0.29) is 11.8 Å². The fraction of sp³-hybridized carbons (Fsp3) is 0.250. The molecular formula is C20H19N3O2. The molecule has 3 rings (SSSR count). The van der Waals surface area contributed by atoms with E-state index >= 15 is 0 Å². The SMILES string of the molecule is CCN(C(=O)C1(C(=O)Nc2cccc(C#N)c2)CC1)c1ccccc1. The zero-order chi connectivity index (χ0) is 17.9. The molecule has 1 N–H and O–H groups in total. The monoisotopic (exact) mass is 333 g/mol. The minimum absolute atomic E-state index is 0.171. The number of hydrogen-bond acceptors (Lipinski definition) is 3. The summed E-state index contributed by atoms with van der Waals surface area (Å²) in [5.74, 6) is -0.475. The second-order valence-corrected chi connectivity index (χ2v) is 6.11. The van der Waals surface area contributed by atoms with E-state index in [1.165, 1.54) is 0 Å². The van der Waals surface area contributed by atoms with Gasteiger partial charge in [0.1, 0.15) is 5.41 Å². The van der Waals surface area contributed by atoms with Gasteiger partial charge in [-0.25, -0.2) is 0 Å². The maximum absolute atomic E-state index is 13.0. The molecule has 2 amide bonds. The summed E-state index contributed by atoms with van der Waals surface area (Å²) in [5.41, 5.74) is 0.786. The van der Waals surface area contributed by atoms with E-state index < -0.39 is 5.41 Å². The topological polar surface area (TPSA) is 73.2 Å². The molecule has 0 spiro atoms. The number of benzene rings is 2. The van der Waals surface area contributed by atoms with Crippen LogP contribution in [-0.2, 0) is 9.59 Å². The number of rotatable bonds is 5. The first-order valence-electron chi connectivity index (χ1n) is 8.29. The highest BCUT2D eigenvalue weighted by molar-refractivity contribution is 6.17. The maximum Gasteiger partial charge on any atom is 0.242 e. The zero-order valence-electron chi connectivity index (χ0n) is 14.0. The first-order valence-corrected chi connectivity index (χ1v) is 8.29. The van der Waals surface area contributed by atoms with Crippen LogP contribution in [0.3, 0.4) is 0 Å². The highest BCUT2D eigenvalue weighted by atomic mass is 16.2. The van der Waals surface area contributed by atoms with Gasteiger partial charge in [0.05, 0.1) is 11.6 Å². The van der Waals surface area contributed by atoms with Crippen LogP contribution in [-0.4, -0.2) is 18.4 Å². The fourth-order valence-electron chi connectivity index (χ4n) is 2.89. The summed E-state index contributed by atoms with van der Waals surface area (Å²) in [5, 5.41) is 11.8. The molecule has 0 atom stereocenters. The molecule has 126 valence electrons. The van der Waals surface area contributed by atoms with Gasteiger partial charge in [-0.3, -0.25) is 9.59 Å². The van der Waals surface area contributed by atoms with Crippen molar-refractivity contribution in [3.63, 3.8) is 0 Å². The van der Waals surface area contributed by atoms with E-state index in [0.29, 0.717) is 30.6 Å². The molecule has 0 heterocycles. The van der Waals surface area contributed by atoms with Crippen molar-refractivity contribution in [2.75, 3.05) is 16.8 Å². The largest absolute Gasteiger partial charge is 0.325 e. The Morgan fingerprint density at radius 3 is 2.48 bits per heavy atom. The lowest BCUT2D eigenvalue weighted by atomic mass is 10.0. The number of hydrogen-bond donors (Lipinski definition) is 1.